The number of fused-ring (bicyclic) bond motifs is 2. The predicted molar refractivity (Wildman–Crippen MR) is 103 cm³/mol. The van der Waals surface area contributed by atoms with E-state index in [1.165, 1.54) is 6.26 Å². The van der Waals surface area contributed by atoms with Gasteiger partial charge in [0.2, 0.25) is 5.91 Å². The van der Waals surface area contributed by atoms with Gasteiger partial charge in [0.15, 0.2) is 0 Å². The van der Waals surface area contributed by atoms with E-state index < -0.39 is 9.84 Å². The van der Waals surface area contributed by atoms with E-state index in [1.807, 2.05) is 17.2 Å². The van der Waals surface area contributed by atoms with E-state index >= 15 is 0 Å². The highest BCUT2D eigenvalue weighted by molar-refractivity contribution is 7.90. The van der Waals surface area contributed by atoms with Crippen LogP contribution in [-0.4, -0.2) is 72.4 Å². The maximum Gasteiger partial charge on any atom is 0.223 e. The minimum absolute atomic E-state index is 0.0374. The van der Waals surface area contributed by atoms with E-state index in [9.17, 15) is 13.2 Å². The molecule has 2 fully saturated rings. The molecule has 3 atom stereocenters. The van der Waals surface area contributed by atoms with Gasteiger partial charge in [-0.15, -0.1) is 0 Å². The molecule has 1 amide bonds. The molecule has 4 rings (SSSR count). The lowest BCUT2D eigenvalue weighted by Crippen LogP contribution is -2.35. The van der Waals surface area contributed by atoms with Crippen LogP contribution >= 0.6 is 0 Å². The summed E-state index contributed by atoms with van der Waals surface area (Å²) in [6.45, 7) is 1.47. The number of carbonyl (C=O) groups excluding carboxylic acids is 1. The molecule has 1 saturated heterocycles. The Morgan fingerprint density at radius 1 is 1.30 bits per heavy atom. The van der Waals surface area contributed by atoms with Crippen molar-refractivity contribution in [2.45, 2.75) is 25.3 Å². The number of aromatic amines is 1. The van der Waals surface area contributed by atoms with E-state index in [-0.39, 0.29) is 18.1 Å². The molecule has 0 aromatic carbocycles. The van der Waals surface area contributed by atoms with E-state index in [0.29, 0.717) is 17.9 Å². The van der Waals surface area contributed by atoms with Gasteiger partial charge in [-0.2, -0.15) is 0 Å². The number of amides is 1. The zero-order valence-corrected chi connectivity index (χ0v) is 16.4. The molecule has 2 aromatic rings. The molecule has 1 aliphatic carbocycles. The van der Waals surface area contributed by atoms with Gasteiger partial charge in [-0.3, -0.25) is 4.79 Å². The Kier molecular flexibility index (Phi) is 4.57. The van der Waals surface area contributed by atoms with Crippen molar-refractivity contribution in [3.63, 3.8) is 0 Å². The van der Waals surface area contributed by atoms with Crippen molar-refractivity contribution in [1.29, 1.82) is 0 Å². The van der Waals surface area contributed by atoms with Gasteiger partial charge in [-0.1, -0.05) is 0 Å². The lowest BCUT2D eigenvalue weighted by molar-refractivity contribution is -0.130. The third-order valence-electron chi connectivity index (χ3n) is 5.98. The molecule has 2 aromatic heterocycles. The van der Waals surface area contributed by atoms with E-state index in [2.05, 4.69) is 26.9 Å². The summed E-state index contributed by atoms with van der Waals surface area (Å²) >= 11 is 0. The SMILES string of the molecule is CN(c1ncnc2[nH]ccc12)C1C[C@@H]2CN(C(=O)CCS(C)(=O)=O)C[C@@H]2C1. The maximum absolute atomic E-state index is 12.3. The molecule has 0 radical (unpaired) electrons. The third-order valence-corrected chi connectivity index (χ3v) is 6.93. The third kappa shape index (κ3) is 3.65. The molecule has 2 aliphatic rings. The number of nitrogens with zero attached hydrogens (tertiary/aromatic N) is 4. The number of likely N-dealkylation sites (tertiary alicyclic amines) is 1. The van der Waals surface area contributed by atoms with Gasteiger partial charge >= 0.3 is 0 Å². The zero-order valence-electron chi connectivity index (χ0n) is 15.6. The van der Waals surface area contributed by atoms with Crippen LogP contribution in [0, 0.1) is 11.8 Å². The highest BCUT2D eigenvalue weighted by Crippen LogP contribution is 2.41. The molecule has 8 nitrogen and oxygen atoms in total. The van der Waals surface area contributed by atoms with Gasteiger partial charge in [0.25, 0.3) is 0 Å². The number of carbonyl (C=O) groups is 1. The van der Waals surface area contributed by atoms with Crippen molar-refractivity contribution >= 4 is 32.6 Å². The number of sulfone groups is 1. The zero-order chi connectivity index (χ0) is 19.2. The van der Waals surface area contributed by atoms with E-state index in [0.717, 1.165) is 42.8 Å². The van der Waals surface area contributed by atoms with Crippen LogP contribution < -0.4 is 4.90 Å². The van der Waals surface area contributed by atoms with Crippen LogP contribution in [0.25, 0.3) is 11.0 Å². The second-order valence-corrected chi connectivity index (χ2v) is 10.1. The van der Waals surface area contributed by atoms with E-state index in [4.69, 9.17) is 0 Å². The standard InChI is InChI=1S/C18H25N5O3S/c1-22(18-15-3-5-19-17(15)20-11-21-18)14-7-12-9-23(10-13(12)8-14)16(24)4-6-27(2,25)26/h3,5,11-14H,4,6-10H2,1-2H3,(H,19,20,21)/t12-,13+,14?. The van der Waals surface area contributed by atoms with Crippen molar-refractivity contribution in [3.05, 3.63) is 18.6 Å². The van der Waals surface area contributed by atoms with Crippen LogP contribution in [0.5, 0.6) is 0 Å². The van der Waals surface area contributed by atoms with Crippen LogP contribution in [0.2, 0.25) is 0 Å². The number of rotatable bonds is 5. The van der Waals surface area contributed by atoms with Gasteiger partial charge in [-0.05, 0) is 30.7 Å². The molecule has 0 spiro atoms. The Hall–Kier alpha value is -2.16. The fourth-order valence-electron chi connectivity index (χ4n) is 4.53. The number of anilines is 1. The van der Waals surface area contributed by atoms with Gasteiger partial charge in [0.1, 0.15) is 27.6 Å². The Balaban J connectivity index is 1.38. The molecular formula is C18H25N5O3S. The number of aromatic nitrogens is 3. The fraction of sp³-hybridized carbons (Fsp3) is 0.611. The summed E-state index contributed by atoms with van der Waals surface area (Å²) in [4.78, 5) is 28.3. The summed E-state index contributed by atoms with van der Waals surface area (Å²) in [5, 5.41) is 1.02. The summed E-state index contributed by atoms with van der Waals surface area (Å²) in [6, 6.07) is 2.39. The first kappa shape index (κ1) is 18.2. The first-order chi connectivity index (χ1) is 12.8. The van der Waals surface area contributed by atoms with Gasteiger partial charge < -0.3 is 14.8 Å². The smallest absolute Gasteiger partial charge is 0.223 e. The molecule has 3 heterocycles. The van der Waals surface area contributed by atoms with Crippen LogP contribution in [-0.2, 0) is 14.6 Å². The minimum atomic E-state index is -3.10. The van der Waals surface area contributed by atoms with Crippen molar-refractivity contribution < 1.29 is 13.2 Å². The van der Waals surface area contributed by atoms with E-state index in [1.54, 1.807) is 6.33 Å². The van der Waals surface area contributed by atoms with Crippen LogP contribution in [0.3, 0.4) is 0 Å². The van der Waals surface area contributed by atoms with Crippen molar-refractivity contribution in [3.8, 4) is 0 Å². The Bertz CT molecular complexity index is 943. The van der Waals surface area contributed by atoms with Crippen LogP contribution in [0.1, 0.15) is 19.3 Å². The molecule has 9 heteroatoms. The van der Waals surface area contributed by atoms with Gasteiger partial charge in [0, 0.05) is 45.1 Å². The van der Waals surface area contributed by atoms with Crippen molar-refractivity contribution in [2.75, 3.05) is 37.0 Å². The van der Waals surface area contributed by atoms with Crippen LogP contribution in [0.4, 0.5) is 5.82 Å². The topological polar surface area (TPSA) is 99.3 Å². The highest BCUT2D eigenvalue weighted by Gasteiger charge is 2.43. The highest BCUT2D eigenvalue weighted by atomic mass is 32.2. The molecular weight excluding hydrogens is 366 g/mol. The van der Waals surface area contributed by atoms with Crippen LogP contribution in [0.15, 0.2) is 18.6 Å². The maximum atomic E-state index is 12.3. The number of hydrogen-bond acceptors (Lipinski definition) is 6. The summed E-state index contributed by atoms with van der Waals surface area (Å²) < 4.78 is 22.6. The summed E-state index contributed by atoms with van der Waals surface area (Å²) in [7, 11) is -1.02. The first-order valence-electron chi connectivity index (χ1n) is 9.28. The molecule has 1 unspecified atom stereocenters. The molecule has 1 N–H and O–H groups in total. The average Bonchev–Trinajstić information content (AvgIpc) is 3.31. The molecule has 1 aliphatic heterocycles. The Morgan fingerprint density at radius 2 is 2.00 bits per heavy atom. The molecule has 1 saturated carbocycles. The monoisotopic (exact) mass is 391 g/mol. The predicted octanol–water partition coefficient (Wildman–Crippen LogP) is 1.07. The second kappa shape index (κ2) is 6.78. The molecule has 0 bridgehead atoms. The minimum Gasteiger partial charge on any atom is -0.356 e. The summed E-state index contributed by atoms with van der Waals surface area (Å²) in [5.74, 6) is 1.78. The quantitative estimate of drug-likeness (QED) is 0.818. The Morgan fingerprint density at radius 3 is 2.67 bits per heavy atom. The summed E-state index contributed by atoms with van der Waals surface area (Å²) in [6.07, 6.45) is 6.77. The van der Waals surface area contributed by atoms with Crippen molar-refractivity contribution in [1.82, 2.24) is 19.9 Å². The molecule has 27 heavy (non-hydrogen) atoms. The molecule has 146 valence electrons. The number of nitrogens with one attached hydrogen (secondary N) is 1. The lowest BCUT2D eigenvalue weighted by Gasteiger charge is -2.28. The van der Waals surface area contributed by atoms with Gasteiger partial charge in [0.05, 0.1) is 11.1 Å². The number of H-pyrrole nitrogens is 1. The Labute approximate surface area is 158 Å². The largest absolute Gasteiger partial charge is 0.356 e. The summed E-state index contributed by atoms with van der Waals surface area (Å²) in [5.41, 5.74) is 0.840. The lowest BCUT2D eigenvalue weighted by atomic mass is 10.0. The normalized spacial score (nSPS) is 25.1. The fourth-order valence-corrected chi connectivity index (χ4v) is 5.08. The van der Waals surface area contributed by atoms with Crippen molar-refractivity contribution in [2.24, 2.45) is 11.8 Å². The number of hydrogen-bond donors (Lipinski definition) is 1. The second-order valence-electron chi connectivity index (χ2n) is 7.87. The first-order valence-corrected chi connectivity index (χ1v) is 11.3. The van der Waals surface area contributed by atoms with Gasteiger partial charge in [-0.25, -0.2) is 18.4 Å². The average molecular weight is 391 g/mol.